The summed E-state index contributed by atoms with van der Waals surface area (Å²) in [6.45, 7) is 0.0914. The number of nitriles is 1. The lowest BCUT2D eigenvalue weighted by Crippen LogP contribution is -2.45. The molecular weight excluding hydrogens is 442 g/mol. The topological polar surface area (TPSA) is 123 Å². The summed E-state index contributed by atoms with van der Waals surface area (Å²) in [7, 11) is 0. The van der Waals surface area contributed by atoms with Gasteiger partial charge in [-0.2, -0.15) is 5.26 Å². The Labute approximate surface area is 193 Å². The molecule has 32 heavy (non-hydrogen) atoms. The minimum Gasteiger partial charge on any atom is -0.396 e. The second-order valence-electron chi connectivity index (χ2n) is 7.63. The van der Waals surface area contributed by atoms with Crippen molar-refractivity contribution in [2.75, 3.05) is 11.9 Å². The predicted octanol–water partition coefficient (Wildman–Crippen LogP) is 3.73. The summed E-state index contributed by atoms with van der Waals surface area (Å²) < 4.78 is 3.45. The number of anilines is 1. The number of fused-ring (bicyclic) bond motifs is 1. The highest BCUT2D eigenvalue weighted by Crippen LogP contribution is 2.38. The van der Waals surface area contributed by atoms with Gasteiger partial charge in [-0.15, -0.1) is 11.3 Å². The maximum absolute atomic E-state index is 9.20. The number of aromatic nitrogens is 4. The Kier molecular flexibility index (Phi) is 6.05. The maximum atomic E-state index is 9.20. The fourth-order valence-corrected chi connectivity index (χ4v) is 5.35. The van der Waals surface area contributed by atoms with Crippen LogP contribution in [0.1, 0.15) is 24.1 Å². The van der Waals surface area contributed by atoms with Crippen molar-refractivity contribution in [1.82, 2.24) is 24.7 Å². The summed E-state index contributed by atoms with van der Waals surface area (Å²) >= 11 is 3.04. The van der Waals surface area contributed by atoms with E-state index in [0.717, 1.165) is 50.9 Å². The number of hydrogen-bond acceptors (Lipinski definition) is 9. The van der Waals surface area contributed by atoms with Gasteiger partial charge in [0.05, 0.1) is 28.6 Å². The average molecular weight is 464 g/mol. The molecule has 0 unspecified atom stereocenters. The molecule has 4 heterocycles. The monoisotopic (exact) mass is 463 g/mol. The van der Waals surface area contributed by atoms with Gasteiger partial charge in [0, 0.05) is 54.5 Å². The van der Waals surface area contributed by atoms with E-state index in [1.54, 1.807) is 29.7 Å². The second kappa shape index (κ2) is 9.26. The van der Waals surface area contributed by atoms with Crippen molar-refractivity contribution in [3.63, 3.8) is 0 Å². The van der Waals surface area contributed by atoms with Crippen LogP contribution in [0.25, 0.3) is 21.6 Å². The lowest BCUT2D eigenvalue weighted by molar-refractivity contribution is 0.298. The minimum absolute atomic E-state index is 0.0914. The van der Waals surface area contributed by atoms with E-state index >= 15 is 0 Å². The van der Waals surface area contributed by atoms with Gasteiger partial charge in [-0.1, -0.05) is 0 Å². The van der Waals surface area contributed by atoms with Gasteiger partial charge in [-0.25, -0.2) is 15.0 Å². The molecule has 0 aliphatic heterocycles. The molecule has 10 heteroatoms. The van der Waals surface area contributed by atoms with E-state index in [2.05, 4.69) is 36.0 Å². The van der Waals surface area contributed by atoms with Crippen LogP contribution in [-0.4, -0.2) is 43.7 Å². The summed E-state index contributed by atoms with van der Waals surface area (Å²) in [6.07, 6.45) is 7.93. The first-order valence-electron chi connectivity index (χ1n) is 10.3. The van der Waals surface area contributed by atoms with Gasteiger partial charge in [0.2, 0.25) is 0 Å². The Morgan fingerprint density at radius 3 is 3.03 bits per heavy atom. The molecule has 0 atom stereocenters. The normalized spacial score (nSPS) is 17.8. The zero-order chi connectivity index (χ0) is 21.9. The molecule has 5 rings (SSSR count). The van der Waals surface area contributed by atoms with Crippen molar-refractivity contribution < 1.29 is 5.11 Å². The number of pyridine rings is 2. The quantitative estimate of drug-likeness (QED) is 0.292. The predicted molar refractivity (Wildman–Crippen MR) is 126 cm³/mol. The van der Waals surface area contributed by atoms with Crippen LogP contribution < -0.4 is 10.0 Å². The van der Waals surface area contributed by atoms with Gasteiger partial charge in [0.25, 0.3) is 0 Å². The Morgan fingerprint density at radius 2 is 2.19 bits per heavy atom. The molecule has 0 aromatic carbocycles. The molecule has 1 fully saturated rings. The number of hydrogen-bond donors (Lipinski definition) is 4. The van der Waals surface area contributed by atoms with Crippen LogP contribution in [-0.2, 0) is 6.42 Å². The number of H-pyrrole nitrogens is 1. The van der Waals surface area contributed by atoms with Crippen LogP contribution >= 0.6 is 23.3 Å². The van der Waals surface area contributed by atoms with Crippen molar-refractivity contribution in [2.24, 2.45) is 0 Å². The third-order valence-corrected chi connectivity index (χ3v) is 7.23. The molecule has 4 N–H and O–H groups in total. The van der Waals surface area contributed by atoms with Gasteiger partial charge in [0.1, 0.15) is 15.7 Å². The Hall–Kier alpha value is -2.97. The third-order valence-electron chi connectivity index (χ3n) is 5.42. The van der Waals surface area contributed by atoms with E-state index in [4.69, 9.17) is 5.26 Å². The van der Waals surface area contributed by atoms with E-state index in [1.807, 2.05) is 23.8 Å². The number of aliphatic hydroxyl groups excluding tert-OH is 1. The molecule has 0 saturated heterocycles. The minimum atomic E-state index is 0.0914. The number of nitrogens with zero attached hydrogens (tertiary/aromatic N) is 4. The largest absolute Gasteiger partial charge is 0.396 e. The highest BCUT2D eigenvalue weighted by molar-refractivity contribution is 7.97. The highest BCUT2D eigenvalue weighted by atomic mass is 32.2. The Balaban J connectivity index is 1.27. The van der Waals surface area contributed by atoms with E-state index in [1.165, 1.54) is 11.9 Å². The number of thiazole rings is 1. The molecule has 4 aromatic heterocycles. The van der Waals surface area contributed by atoms with E-state index in [-0.39, 0.29) is 6.61 Å². The highest BCUT2D eigenvalue weighted by Gasteiger charge is 2.30. The van der Waals surface area contributed by atoms with Crippen molar-refractivity contribution >= 4 is 40.0 Å². The number of nitrogens with one attached hydrogen (secondary N) is 3. The van der Waals surface area contributed by atoms with Crippen molar-refractivity contribution in [2.45, 2.75) is 36.4 Å². The lowest BCUT2D eigenvalue weighted by Gasteiger charge is -2.37. The molecule has 162 valence electrons. The molecule has 0 bridgehead atoms. The maximum Gasteiger partial charge on any atom is 0.139 e. The van der Waals surface area contributed by atoms with Gasteiger partial charge in [-0.05, 0) is 43.0 Å². The van der Waals surface area contributed by atoms with Crippen molar-refractivity contribution in [3.8, 4) is 16.6 Å². The van der Waals surface area contributed by atoms with Crippen molar-refractivity contribution in [1.29, 1.82) is 5.26 Å². The zero-order valence-corrected chi connectivity index (χ0v) is 18.7. The Morgan fingerprint density at radius 1 is 1.28 bits per heavy atom. The van der Waals surface area contributed by atoms with Crippen LogP contribution in [0, 0.1) is 11.3 Å². The third kappa shape index (κ3) is 4.33. The fraction of sp³-hybridized carbons (Fsp3) is 0.273. The second-order valence-corrected chi connectivity index (χ2v) is 9.34. The first-order valence-corrected chi connectivity index (χ1v) is 12.0. The average Bonchev–Trinajstić information content (AvgIpc) is 3.45. The van der Waals surface area contributed by atoms with Crippen LogP contribution in [0.2, 0.25) is 0 Å². The Bertz CT molecular complexity index is 1270. The van der Waals surface area contributed by atoms with E-state index < -0.39 is 0 Å². The smallest absolute Gasteiger partial charge is 0.139 e. The molecule has 8 nitrogen and oxygen atoms in total. The first kappa shape index (κ1) is 20.9. The lowest BCUT2D eigenvalue weighted by atomic mass is 9.87. The number of aliphatic hydroxyl groups is 1. The molecule has 1 aliphatic carbocycles. The molecule has 0 spiro atoms. The summed E-state index contributed by atoms with van der Waals surface area (Å²) in [4.78, 5) is 16.7. The van der Waals surface area contributed by atoms with E-state index in [9.17, 15) is 5.11 Å². The van der Waals surface area contributed by atoms with Crippen LogP contribution in [0.15, 0.2) is 47.2 Å². The van der Waals surface area contributed by atoms with Gasteiger partial charge >= 0.3 is 0 Å². The summed E-state index contributed by atoms with van der Waals surface area (Å²) in [5.74, 6) is 0. The van der Waals surface area contributed by atoms with Gasteiger partial charge in [0.15, 0.2) is 0 Å². The summed E-state index contributed by atoms with van der Waals surface area (Å²) in [5, 5.41) is 26.7. The molecule has 4 aromatic rings. The standard InChI is InChI=1S/C22H21N7OS2/c23-10-13-1-4-24-19(7-13)32-29-16-8-15(9-16)27-20-17-2-5-25-21(17)26-11-18(20)22-28-14(3-6-30)12-31-22/h1-2,4-5,7,11-12,15-16,29-30H,3,6,8-9H2,(H2,25,26,27). The molecule has 0 amide bonds. The van der Waals surface area contributed by atoms with Gasteiger partial charge in [-0.3, -0.25) is 4.72 Å². The summed E-state index contributed by atoms with van der Waals surface area (Å²) in [5.41, 5.74) is 4.38. The number of rotatable bonds is 8. The van der Waals surface area contributed by atoms with Crippen LogP contribution in [0.3, 0.4) is 0 Å². The number of aromatic amines is 1. The fourth-order valence-electron chi connectivity index (χ4n) is 3.70. The van der Waals surface area contributed by atoms with Crippen LogP contribution in [0.4, 0.5) is 5.69 Å². The molecular formula is C22H21N7OS2. The zero-order valence-electron chi connectivity index (χ0n) is 17.1. The van der Waals surface area contributed by atoms with Gasteiger partial charge < -0.3 is 15.4 Å². The SMILES string of the molecule is N#Cc1ccnc(SNC2CC(Nc3c(-c4nc(CCO)cs4)cnc4[nH]ccc34)C2)c1. The van der Waals surface area contributed by atoms with Crippen molar-refractivity contribution in [3.05, 3.63) is 53.4 Å². The first-order chi connectivity index (χ1) is 15.7. The molecule has 0 radical (unpaired) electrons. The molecule has 1 saturated carbocycles. The summed E-state index contributed by atoms with van der Waals surface area (Å²) in [6, 6.07) is 8.38. The van der Waals surface area contributed by atoms with E-state index in [0.29, 0.717) is 24.1 Å². The molecule has 1 aliphatic rings. The van der Waals surface area contributed by atoms with Crippen LogP contribution in [0.5, 0.6) is 0 Å².